The Balaban J connectivity index is 1.53. The van der Waals surface area contributed by atoms with Crippen LogP contribution in [-0.4, -0.2) is 65.9 Å². The number of ether oxygens (including phenoxy) is 2. The molecule has 2 aromatic heterocycles. The van der Waals surface area contributed by atoms with E-state index in [9.17, 15) is 4.79 Å². The van der Waals surface area contributed by atoms with Gasteiger partial charge in [0.25, 0.3) is 5.91 Å². The van der Waals surface area contributed by atoms with Gasteiger partial charge in [0.05, 0.1) is 6.61 Å². The highest BCUT2D eigenvalue weighted by atomic mass is 16.5. The van der Waals surface area contributed by atoms with Gasteiger partial charge in [0.2, 0.25) is 0 Å². The number of carbonyl (C=O) groups is 1. The molecule has 1 aromatic carbocycles. The Morgan fingerprint density at radius 3 is 2.85 bits per heavy atom. The van der Waals surface area contributed by atoms with E-state index in [1.807, 2.05) is 17.2 Å². The van der Waals surface area contributed by atoms with Crippen LogP contribution in [0.25, 0.3) is 22.2 Å². The zero-order valence-electron chi connectivity index (χ0n) is 19.2. The molecule has 2 fully saturated rings. The minimum atomic E-state index is -0.402. The quantitative estimate of drug-likeness (QED) is 0.509. The summed E-state index contributed by atoms with van der Waals surface area (Å²) in [4.78, 5) is 20.2. The smallest absolute Gasteiger partial charge is 0.253 e. The van der Waals surface area contributed by atoms with Crippen LogP contribution >= 0.6 is 0 Å². The van der Waals surface area contributed by atoms with Gasteiger partial charge in [-0.1, -0.05) is 30.3 Å². The van der Waals surface area contributed by atoms with Gasteiger partial charge in [-0.15, -0.1) is 0 Å². The lowest BCUT2D eigenvalue weighted by atomic mass is 10.0. The first kappa shape index (κ1) is 22.1. The molecule has 174 valence electrons. The molecule has 7 heteroatoms. The fraction of sp³-hybridized carbons (Fsp3) is 0.462. The van der Waals surface area contributed by atoms with Crippen LogP contribution in [0.2, 0.25) is 0 Å². The Kier molecular flexibility index (Phi) is 6.71. The first-order chi connectivity index (χ1) is 16.3. The number of amides is 1. The summed E-state index contributed by atoms with van der Waals surface area (Å²) >= 11 is 0. The third-order valence-corrected chi connectivity index (χ3v) is 6.48. The molecule has 1 aliphatic carbocycles. The molecule has 0 bridgehead atoms. The van der Waals surface area contributed by atoms with Crippen molar-refractivity contribution in [1.29, 1.82) is 0 Å². The number of nitrogens with one attached hydrogen (secondary N) is 1. The number of aryl methyl sites for hydroxylation is 1. The van der Waals surface area contributed by atoms with E-state index in [2.05, 4.69) is 46.4 Å². The first-order valence-electron chi connectivity index (χ1n) is 11.9. The van der Waals surface area contributed by atoms with Crippen LogP contribution in [0.15, 0.2) is 48.8 Å². The van der Waals surface area contributed by atoms with Gasteiger partial charge in [-0.3, -0.25) is 4.79 Å². The van der Waals surface area contributed by atoms with Gasteiger partial charge in [0.1, 0.15) is 11.8 Å². The summed E-state index contributed by atoms with van der Waals surface area (Å²) < 4.78 is 13.3. The van der Waals surface area contributed by atoms with Crippen LogP contribution in [0.1, 0.15) is 24.8 Å². The Labute approximate surface area is 194 Å². The number of hydrogen-bond donors (Lipinski definition) is 1. The summed E-state index contributed by atoms with van der Waals surface area (Å²) in [5, 5.41) is 4.42. The maximum Gasteiger partial charge on any atom is 0.253 e. The van der Waals surface area contributed by atoms with Crippen molar-refractivity contribution in [3.8, 4) is 11.1 Å². The van der Waals surface area contributed by atoms with Crippen LogP contribution in [0.3, 0.4) is 0 Å². The molecule has 7 nitrogen and oxygen atoms in total. The average Bonchev–Trinajstić information content (AvgIpc) is 3.65. The summed E-state index contributed by atoms with van der Waals surface area (Å²) in [6.45, 7) is 4.05. The fourth-order valence-corrected chi connectivity index (χ4v) is 4.69. The Hall–Kier alpha value is -2.74. The van der Waals surface area contributed by atoms with Gasteiger partial charge in [0.15, 0.2) is 0 Å². The minimum absolute atomic E-state index is 0.0927. The summed E-state index contributed by atoms with van der Waals surface area (Å²) in [5.74, 6) is 0.0927. The maximum absolute atomic E-state index is 13.4. The molecule has 1 atom stereocenters. The van der Waals surface area contributed by atoms with Gasteiger partial charge in [-0.05, 0) is 42.0 Å². The number of fused-ring (bicyclic) bond motifs is 1. The standard InChI is InChI=1S/C26H32N4O3/c1-32-14-5-13-29-17-20(18-30(21-8-9-21)26(31)23-16-27-12-15-33-23)24-22(10-11-28-25(24)29)19-6-3-2-4-7-19/h2-4,6-7,10-11,17,21,23,27H,5,8-9,12-16,18H2,1H3/t23-/m1/s1. The normalized spacial score (nSPS) is 18.5. The van der Waals surface area contributed by atoms with E-state index in [0.29, 0.717) is 32.3 Å². The van der Waals surface area contributed by atoms with Crippen molar-refractivity contribution in [2.45, 2.75) is 44.5 Å². The van der Waals surface area contributed by atoms with Crippen molar-refractivity contribution >= 4 is 16.9 Å². The van der Waals surface area contributed by atoms with Crippen LogP contribution in [0.5, 0.6) is 0 Å². The molecule has 0 unspecified atom stereocenters. The van der Waals surface area contributed by atoms with Gasteiger partial charge < -0.3 is 24.3 Å². The molecule has 3 heterocycles. The summed E-state index contributed by atoms with van der Waals surface area (Å²) in [6.07, 6.45) is 6.68. The molecule has 1 saturated heterocycles. The van der Waals surface area contributed by atoms with Crippen molar-refractivity contribution in [2.24, 2.45) is 0 Å². The van der Waals surface area contributed by atoms with Gasteiger partial charge in [-0.2, -0.15) is 0 Å². The molecular weight excluding hydrogens is 416 g/mol. The summed E-state index contributed by atoms with van der Waals surface area (Å²) in [6, 6.07) is 12.8. The topological polar surface area (TPSA) is 68.6 Å². The lowest BCUT2D eigenvalue weighted by Gasteiger charge is -2.30. The maximum atomic E-state index is 13.4. The number of methoxy groups -OCH3 is 1. The molecule has 33 heavy (non-hydrogen) atoms. The van der Waals surface area contributed by atoms with E-state index in [1.54, 1.807) is 7.11 Å². The zero-order chi connectivity index (χ0) is 22.6. The number of benzene rings is 1. The zero-order valence-corrected chi connectivity index (χ0v) is 19.2. The number of nitrogens with zero attached hydrogens (tertiary/aromatic N) is 3. The van der Waals surface area contributed by atoms with E-state index in [1.165, 1.54) is 0 Å². The molecule has 0 radical (unpaired) electrons. The van der Waals surface area contributed by atoms with E-state index < -0.39 is 6.10 Å². The second-order valence-corrected chi connectivity index (χ2v) is 8.88. The minimum Gasteiger partial charge on any atom is -0.385 e. The second kappa shape index (κ2) is 10.0. The predicted molar refractivity (Wildman–Crippen MR) is 128 cm³/mol. The number of pyridine rings is 1. The van der Waals surface area contributed by atoms with Crippen LogP contribution in [0.4, 0.5) is 0 Å². The molecule has 1 amide bonds. The van der Waals surface area contributed by atoms with Gasteiger partial charge in [-0.25, -0.2) is 4.98 Å². The molecule has 1 N–H and O–H groups in total. The van der Waals surface area contributed by atoms with E-state index in [0.717, 1.165) is 60.1 Å². The number of morpholine rings is 1. The lowest BCUT2D eigenvalue weighted by Crippen LogP contribution is -2.49. The van der Waals surface area contributed by atoms with Crippen molar-refractivity contribution in [2.75, 3.05) is 33.4 Å². The van der Waals surface area contributed by atoms with Crippen molar-refractivity contribution in [3.63, 3.8) is 0 Å². The van der Waals surface area contributed by atoms with Crippen molar-refractivity contribution < 1.29 is 14.3 Å². The number of aromatic nitrogens is 2. The Bertz CT molecular complexity index is 1090. The Morgan fingerprint density at radius 1 is 1.27 bits per heavy atom. The first-order valence-corrected chi connectivity index (χ1v) is 11.9. The number of carbonyl (C=O) groups excluding carboxylic acids is 1. The monoisotopic (exact) mass is 448 g/mol. The van der Waals surface area contributed by atoms with Crippen molar-refractivity contribution in [3.05, 3.63) is 54.4 Å². The molecular formula is C26H32N4O3. The molecule has 1 aliphatic heterocycles. The molecule has 2 aliphatic rings. The highest BCUT2D eigenvalue weighted by molar-refractivity contribution is 5.96. The summed E-state index contributed by atoms with van der Waals surface area (Å²) in [5.41, 5.74) is 4.41. The summed E-state index contributed by atoms with van der Waals surface area (Å²) in [7, 11) is 1.73. The predicted octanol–water partition coefficient (Wildman–Crippen LogP) is 3.22. The Morgan fingerprint density at radius 2 is 2.12 bits per heavy atom. The van der Waals surface area contributed by atoms with Crippen LogP contribution < -0.4 is 5.32 Å². The highest BCUT2D eigenvalue weighted by Crippen LogP contribution is 2.35. The third kappa shape index (κ3) is 4.81. The van der Waals surface area contributed by atoms with Crippen LogP contribution in [-0.2, 0) is 27.4 Å². The number of rotatable bonds is 9. The van der Waals surface area contributed by atoms with Gasteiger partial charge >= 0.3 is 0 Å². The highest BCUT2D eigenvalue weighted by Gasteiger charge is 2.37. The lowest BCUT2D eigenvalue weighted by molar-refractivity contribution is -0.146. The third-order valence-electron chi connectivity index (χ3n) is 6.48. The van der Waals surface area contributed by atoms with E-state index in [-0.39, 0.29) is 5.91 Å². The van der Waals surface area contributed by atoms with E-state index >= 15 is 0 Å². The van der Waals surface area contributed by atoms with Gasteiger partial charge in [0, 0.05) is 63.7 Å². The average molecular weight is 449 g/mol. The van der Waals surface area contributed by atoms with Crippen LogP contribution in [0, 0.1) is 0 Å². The largest absolute Gasteiger partial charge is 0.385 e. The molecule has 5 rings (SSSR count). The van der Waals surface area contributed by atoms with E-state index in [4.69, 9.17) is 14.5 Å². The SMILES string of the molecule is COCCCn1cc(CN(C(=O)[C@H]2CNCCO2)C2CC2)c2c(-c3ccccc3)ccnc21. The number of hydrogen-bond acceptors (Lipinski definition) is 5. The molecule has 0 spiro atoms. The van der Waals surface area contributed by atoms with Crippen molar-refractivity contribution in [1.82, 2.24) is 19.8 Å². The molecule has 3 aromatic rings. The fourth-order valence-electron chi connectivity index (χ4n) is 4.69. The second-order valence-electron chi connectivity index (χ2n) is 8.88. The molecule has 1 saturated carbocycles.